The summed E-state index contributed by atoms with van der Waals surface area (Å²) in [4.78, 5) is 19.7. The molecule has 0 aromatic carbocycles. The largest absolute Gasteiger partial charge is 0.480 e. The van der Waals surface area contributed by atoms with Crippen LogP contribution in [-0.2, 0) is 4.79 Å². The molecular formula is C13H19N3O2. The van der Waals surface area contributed by atoms with Gasteiger partial charge in [-0.2, -0.15) is 0 Å². The number of aliphatic carboxylic acids is 1. The van der Waals surface area contributed by atoms with Crippen LogP contribution in [0.2, 0.25) is 0 Å². The Labute approximate surface area is 107 Å². The highest BCUT2D eigenvalue weighted by atomic mass is 16.4. The molecular weight excluding hydrogens is 230 g/mol. The molecule has 2 N–H and O–H groups in total. The normalized spacial score (nSPS) is 18.4. The molecule has 5 nitrogen and oxygen atoms in total. The lowest BCUT2D eigenvalue weighted by atomic mass is 9.96. The topological polar surface area (TPSA) is 75.1 Å². The maximum atomic E-state index is 11.4. The molecule has 98 valence electrons. The SMILES string of the molecule is CC(C)c1cc(NC(C)(C(=O)O)C2CC2)ncn1. The zero-order valence-corrected chi connectivity index (χ0v) is 11.0. The molecule has 2 rings (SSSR count). The summed E-state index contributed by atoms with van der Waals surface area (Å²) < 4.78 is 0. The third-order valence-electron chi connectivity index (χ3n) is 3.51. The molecule has 0 spiro atoms. The number of carboxylic acid groups (broad SMARTS) is 1. The minimum absolute atomic E-state index is 0.187. The second-order valence-electron chi connectivity index (χ2n) is 5.39. The van der Waals surface area contributed by atoms with Crippen molar-refractivity contribution in [3.8, 4) is 0 Å². The molecule has 1 aliphatic carbocycles. The molecule has 0 saturated heterocycles. The highest BCUT2D eigenvalue weighted by Crippen LogP contribution is 2.41. The smallest absolute Gasteiger partial charge is 0.329 e. The molecule has 1 unspecified atom stereocenters. The summed E-state index contributed by atoms with van der Waals surface area (Å²) in [5.74, 6) is 0.248. The van der Waals surface area contributed by atoms with Crippen LogP contribution in [-0.4, -0.2) is 26.6 Å². The second kappa shape index (κ2) is 4.55. The van der Waals surface area contributed by atoms with Gasteiger partial charge in [-0.3, -0.25) is 0 Å². The van der Waals surface area contributed by atoms with Gasteiger partial charge in [0.15, 0.2) is 0 Å². The number of aromatic nitrogens is 2. The van der Waals surface area contributed by atoms with Crippen LogP contribution in [0.5, 0.6) is 0 Å². The van der Waals surface area contributed by atoms with E-state index in [1.807, 2.05) is 19.9 Å². The molecule has 5 heteroatoms. The molecule has 1 heterocycles. The van der Waals surface area contributed by atoms with Crippen molar-refractivity contribution in [3.63, 3.8) is 0 Å². The maximum absolute atomic E-state index is 11.4. The fourth-order valence-corrected chi connectivity index (χ4v) is 2.01. The quantitative estimate of drug-likeness (QED) is 0.837. The number of anilines is 1. The summed E-state index contributed by atoms with van der Waals surface area (Å²) >= 11 is 0. The van der Waals surface area contributed by atoms with Gasteiger partial charge in [0.2, 0.25) is 0 Å². The van der Waals surface area contributed by atoms with Crippen LogP contribution in [0.3, 0.4) is 0 Å². The van der Waals surface area contributed by atoms with E-state index in [0.717, 1.165) is 18.5 Å². The lowest BCUT2D eigenvalue weighted by Gasteiger charge is -2.26. The van der Waals surface area contributed by atoms with Gasteiger partial charge in [-0.05, 0) is 31.6 Å². The van der Waals surface area contributed by atoms with E-state index < -0.39 is 11.5 Å². The van der Waals surface area contributed by atoms with Crippen molar-refractivity contribution in [2.45, 2.75) is 45.1 Å². The van der Waals surface area contributed by atoms with E-state index in [9.17, 15) is 9.90 Å². The zero-order valence-electron chi connectivity index (χ0n) is 11.0. The molecule has 1 aromatic rings. The van der Waals surface area contributed by atoms with Crippen LogP contribution in [0, 0.1) is 5.92 Å². The molecule has 0 bridgehead atoms. The second-order valence-corrected chi connectivity index (χ2v) is 5.39. The lowest BCUT2D eigenvalue weighted by Crippen LogP contribution is -2.45. The summed E-state index contributed by atoms with van der Waals surface area (Å²) in [5, 5.41) is 12.4. The van der Waals surface area contributed by atoms with Crippen molar-refractivity contribution in [2.24, 2.45) is 5.92 Å². The first-order valence-electron chi connectivity index (χ1n) is 6.27. The fraction of sp³-hybridized carbons (Fsp3) is 0.615. The van der Waals surface area contributed by atoms with Gasteiger partial charge in [0.05, 0.1) is 0 Å². The van der Waals surface area contributed by atoms with Crippen molar-refractivity contribution < 1.29 is 9.90 Å². The molecule has 0 radical (unpaired) electrons. The Kier molecular flexibility index (Phi) is 3.24. The third kappa shape index (κ3) is 2.44. The van der Waals surface area contributed by atoms with Crippen molar-refractivity contribution in [3.05, 3.63) is 18.1 Å². The summed E-state index contributed by atoms with van der Waals surface area (Å²) in [6.45, 7) is 5.82. The highest BCUT2D eigenvalue weighted by Gasteiger charge is 2.47. The van der Waals surface area contributed by atoms with Gasteiger partial charge in [0, 0.05) is 11.8 Å². The van der Waals surface area contributed by atoms with Crippen LogP contribution in [0.25, 0.3) is 0 Å². The Bertz CT molecular complexity index is 457. The number of nitrogens with one attached hydrogen (secondary N) is 1. The predicted octanol–water partition coefficient (Wildman–Crippen LogP) is 2.27. The molecule has 0 amide bonds. The third-order valence-corrected chi connectivity index (χ3v) is 3.51. The fourth-order valence-electron chi connectivity index (χ4n) is 2.01. The van der Waals surface area contributed by atoms with Crippen LogP contribution in [0.1, 0.15) is 45.2 Å². The average molecular weight is 249 g/mol. The molecule has 1 saturated carbocycles. The standard InChI is InChI=1S/C13H19N3O2/c1-8(2)10-6-11(15-7-14-10)16-13(3,12(17)18)9-4-5-9/h6-9H,4-5H2,1-3H3,(H,17,18)(H,14,15,16). The number of rotatable bonds is 5. The van der Waals surface area contributed by atoms with Crippen molar-refractivity contribution in [1.29, 1.82) is 0 Å². The zero-order chi connectivity index (χ0) is 13.3. The van der Waals surface area contributed by atoms with E-state index in [2.05, 4.69) is 15.3 Å². The molecule has 1 aromatic heterocycles. The monoisotopic (exact) mass is 249 g/mol. The van der Waals surface area contributed by atoms with E-state index in [1.54, 1.807) is 6.92 Å². The van der Waals surface area contributed by atoms with Gasteiger partial charge >= 0.3 is 5.97 Å². The minimum Gasteiger partial charge on any atom is -0.480 e. The molecule has 18 heavy (non-hydrogen) atoms. The van der Waals surface area contributed by atoms with Gasteiger partial charge < -0.3 is 10.4 Å². The Morgan fingerprint density at radius 1 is 1.50 bits per heavy atom. The van der Waals surface area contributed by atoms with Gasteiger partial charge in [0.25, 0.3) is 0 Å². The van der Waals surface area contributed by atoms with Crippen LogP contribution >= 0.6 is 0 Å². The molecule has 1 aliphatic rings. The summed E-state index contributed by atoms with van der Waals surface area (Å²) in [5.41, 5.74) is -0.0150. The minimum atomic E-state index is -0.928. The van der Waals surface area contributed by atoms with Crippen LogP contribution < -0.4 is 5.32 Å². The van der Waals surface area contributed by atoms with E-state index in [4.69, 9.17) is 0 Å². The number of nitrogens with zero attached hydrogens (tertiary/aromatic N) is 2. The van der Waals surface area contributed by atoms with Gasteiger partial charge in [-0.1, -0.05) is 13.8 Å². The lowest BCUT2D eigenvalue weighted by molar-refractivity contribution is -0.142. The summed E-state index contributed by atoms with van der Waals surface area (Å²) in [6, 6.07) is 1.83. The first kappa shape index (κ1) is 12.8. The first-order chi connectivity index (χ1) is 8.43. The van der Waals surface area contributed by atoms with E-state index in [-0.39, 0.29) is 5.92 Å². The number of carboxylic acids is 1. The molecule has 0 aliphatic heterocycles. The average Bonchev–Trinajstić information content (AvgIpc) is 3.13. The predicted molar refractivity (Wildman–Crippen MR) is 68.5 cm³/mol. The maximum Gasteiger partial charge on any atom is 0.329 e. The van der Waals surface area contributed by atoms with Crippen molar-refractivity contribution in [1.82, 2.24) is 9.97 Å². The number of carbonyl (C=O) groups is 1. The first-order valence-corrected chi connectivity index (χ1v) is 6.27. The number of hydrogen-bond acceptors (Lipinski definition) is 4. The Balaban J connectivity index is 2.21. The van der Waals surface area contributed by atoms with Crippen LogP contribution in [0.4, 0.5) is 5.82 Å². The molecule has 1 atom stereocenters. The van der Waals surface area contributed by atoms with Crippen molar-refractivity contribution >= 4 is 11.8 Å². The van der Waals surface area contributed by atoms with Gasteiger partial charge in [0.1, 0.15) is 17.7 Å². The summed E-state index contributed by atoms with van der Waals surface area (Å²) in [7, 11) is 0. The number of hydrogen-bond donors (Lipinski definition) is 2. The molecule has 1 fully saturated rings. The van der Waals surface area contributed by atoms with E-state index in [0.29, 0.717) is 11.7 Å². The van der Waals surface area contributed by atoms with Crippen LogP contribution in [0.15, 0.2) is 12.4 Å². The van der Waals surface area contributed by atoms with Gasteiger partial charge in [-0.25, -0.2) is 14.8 Å². The Morgan fingerprint density at radius 2 is 2.17 bits per heavy atom. The summed E-state index contributed by atoms with van der Waals surface area (Å²) in [6.07, 6.45) is 3.39. The van der Waals surface area contributed by atoms with E-state index >= 15 is 0 Å². The Morgan fingerprint density at radius 3 is 2.67 bits per heavy atom. The highest BCUT2D eigenvalue weighted by molar-refractivity contribution is 5.82. The van der Waals surface area contributed by atoms with Crippen molar-refractivity contribution in [2.75, 3.05) is 5.32 Å². The van der Waals surface area contributed by atoms with E-state index in [1.165, 1.54) is 6.33 Å². The Hall–Kier alpha value is -1.65. The van der Waals surface area contributed by atoms with Gasteiger partial charge in [-0.15, -0.1) is 0 Å².